The van der Waals surface area contributed by atoms with Gasteiger partial charge in [0.15, 0.2) is 0 Å². The molecule has 124 valence electrons. The van der Waals surface area contributed by atoms with Crippen LogP contribution < -0.4 is 5.32 Å². The van der Waals surface area contributed by atoms with E-state index in [2.05, 4.69) is 41.4 Å². The van der Waals surface area contributed by atoms with Gasteiger partial charge < -0.3 is 10.2 Å². The van der Waals surface area contributed by atoms with Gasteiger partial charge in [-0.15, -0.1) is 0 Å². The number of piperidine rings is 1. The fraction of sp³-hybridized carbons (Fsp3) is 0.556. The lowest BCUT2D eigenvalue weighted by atomic mass is 9.82. The molecule has 1 spiro atoms. The number of nitrogens with one attached hydrogen (secondary N) is 1. The van der Waals surface area contributed by atoms with Crippen molar-refractivity contribution < 1.29 is 9.59 Å². The quantitative estimate of drug-likeness (QED) is 0.913. The van der Waals surface area contributed by atoms with Crippen LogP contribution in [0.1, 0.15) is 31.7 Å². The zero-order valence-corrected chi connectivity index (χ0v) is 13.8. The summed E-state index contributed by atoms with van der Waals surface area (Å²) < 4.78 is 0. The Bertz CT molecular complexity index is 565. The Hall–Kier alpha value is -1.88. The third kappa shape index (κ3) is 3.11. The minimum absolute atomic E-state index is 0.0323. The second-order valence-electron chi connectivity index (χ2n) is 6.52. The first kappa shape index (κ1) is 16.0. The van der Waals surface area contributed by atoms with Gasteiger partial charge in [-0.05, 0) is 24.8 Å². The lowest BCUT2D eigenvalue weighted by molar-refractivity contribution is -0.157. The van der Waals surface area contributed by atoms with E-state index in [1.807, 2.05) is 11.0 Å². The number of hydrogen-bond donors (Lipinski definition) is 1. The zero-order chi connectivity index (χ0) is 16.3. The lowest BCUT2D eigenvalue weighted by Gasteiger charge is -2.49. The Kier molecular flexibility index (Phi) is 4.66. The van der Waals surface area contributed by atoms with Crippen molar-refractivity contribution in [3.8, 4) is 0 Å². The van der Waals surface area contributed by atoms with E-state index < -0.39 is 5.54 Å². The first-order chi connectivity index (χ1) is 11.2. The van der Waals surface area contributed by atoms with Crippen molar-refractivity contribution in [3.63, 3.8) is 0 Å². The van der Waals surface area contributed by atoms with Crippen molar-refractivity contribution >= 4 is 11.8 Å². The molecule has 2 heterocycles. The maximum absolute atomic E-state index is 12.5. The molecule has 0 bridgehead atoms. The molecule has 2 amide bonds. The van der Waals surface area contributed by atoms with Gasteiger partial charge in [-0.2, -0.15) is 0 Å². The van der Waals surface area contributed by atoms with E-state index in [0.717, 1.165) is 38.9 Å². The van der Waals surface area contributed by atoms with Crippen LogP contribution in [0.5, 0.6) is 0 Å². The van der Waals surface area contributed by atoms with Crippen LogP contribution in [0.2, 0.25) is 0 Å². The van der Waals surface area contributed by atoms with Gasteiger partial charge in [0.05, 0.1) is 6.54 Å². The molecule has 2 fully saturated rings. The highest BCUT2D eigenvalue weighted by atomic mass is 16.2. The van der Waals surface area contributed by atoms with Gasteiger partial charge in [-0.1, -0.05) is 37.3 Å². The molecule has 1 aromatic rings. The lowest BCUT2D eigenvalue weighted by Crippen LogP contribution is -2.70. The SMILES string of the molecule is CCCN1C(=O)CNC(=O)C12CCN(Cc1ccccc1)CC2. The summed E-state index contributed by atoms with van der Waals surface area (Å²) in [4.78, 5) is 29.0. The van der Waals surface area contributed by atoms with Crippen LogP contribution in [0.15, 0.2) is 30.3 Å². The first-order valence-corrected chi connectivity index (χ1v) is 8.51. The molecule has 2 aliphatic heterocycles. The highest BCUT2D eigenvalue weighted by molar-refractivity contribution is 5.98. The summed E-state index contributed by atoms with van der Waals surface area (Å²) in [5.41, 5.74) is 0.663. The van der Waals surface area contributed by atoms with Crippen molar-refractivity contribution in [3.05, 3.63) is 35.9 Å². The normalized spacial score (nSPS) is 21.5. The highest BCUT2D eigenvalue weighted by Crippen LogP contribution is 2.32. The molecule has 2 aliphatic rings. The Morgan fingerprint density at radius 3 is 2.48 bits per heavy atom. The average Bonchev–Trinajstić information content (AvgIpc) is 2.58. The Morgan fingerprint density at radius 1 is 1.13 bits per heavy atom. The third-order valence-corrected chi connectivity index (χ3v) is 5.02. The molecule has 0 aliphatic carbocycles. The van der Waals surface area contributed by atoms with Gasteiger partial charge in [-0.3, -0.25) is 14.5 Å². The molecule has 2 saturated heterocycles. The molecule has 3 rings (SSSR count). The van der Waals surface area contributed by atoms with Crippen LogP contribution in [0.25, 0.3) is 0 Å². The number of amides is 2. The van der Waals surface area contributed by atoms with E-state index in [9.17, 15) is 9.59 Å². The Labute approximate surface area is 137 Å². The van der Waals surface area contributed by atoms with Crippen molar-refractivity contribution in [2.75, 3.05) is 26.2 Å². The van der Waals surface area contributed by atoms with Gasteiger partial charge in [0.2, 0.25) is 11.8 Å². The summed E-state index contributed by atoms with van der Waals surface area (Å²) in [6, 6.07) is 10.4. The predicted octanol–water partition coefficient (Wildman–Crippen LogP) is 1.39. The smallest absolute Gasteiger partial charge is 0.246 e. The summed E-state index contributed by atoms with van der Waals surface area (Å²) in [6.07, 6.45) is 2.32. The van der Waals surface area contributed by atoms with Crippen LogP contribution in [-0.2, 0) is 16.1 Å². The molecule has 5 nitrogen and oxygen atoms in total. The van der Waals surface area contributed by atoms with E-state index in [0.29, 0.717) is 6.54 Å². The monoisotopic (exact) mass is 315 g/mol. The molecule has 1 N–H and O–H groups in total. The number of rotatable bonds is 4. The molecule has 23 heavy (non-hydrogen) atoms. The molecule has 0 aromatic heterocycles. The topological polar surface area (TPSA) is 52.7 Å². The largest absolute Gasteiger partial charge is 0.345 e. The maximum Gasteiger partial charge on any atom is 0.246 e. The molecular weight excluding hydrogens is 290 g/mol. The second kappa shape index (κ2) is 6.71. The first-order valence-electron chi connectivity index (χ1n) is 8.51. The number of carbonyl (C=O) groups excluding carboxylic acids is 2. The van der Waals surface area contributed by atoms with E-state index in [-0.39, 0.29) is 18.4 Å². The fourth-order valence-corrected chi connectivity index (χ4v) is 3.76. The Balaban J connectivity index is 1.69. The number of benzene rings is 1. The third-order valence-electron chi connectivity index (χ3n) is 5.02. The van der Waals surface area contributed by atoms with Crippen molar-refractivity contribution in [1.82, 2.24) is 15.1 Å². The molecule has 0 unspecified atom stereocenters. The van der Waals surface area contributed by atoms with Crippen LogP contribution in [-0.4, -0.2) is 53.3 Å². The minimum atomic E-state index is -0.626. The number of nitrogens with zero attached hydrogens (tertiary/aromatic N) is 2. The fourth-order valence-electron chi connectivity index (χ4n) is 3.76. The van der Waals surface area contributed by atoms with Crippen molar-refractivity contribution in [2.45, 2.75) is 38.3 Å². The summed E-state index contributed by atoms with van der Waals surface area (Å²) in [6.45, 7) is 5.46. The summed E-state index contributed by atoms with van der Waals surface area (Å²) in [5.74, 6) is 0.0906. The van der Waals surface area contributed by atoms with E-state index in [1.165, 1.54) is 5.56 Å². The van der Waals surface area contributed by atoms with Crippen LogP contribution in [0, 0.1) is 0 Å². The minimum Gasteiger partial charge on any atom is -0.345 e. The molecule has 0 saturated carbocycles. The van der Waals surface area contributed by atoms with Gasteiger partial charge >= 0.3 is 0 Å². The van der Waals surface area contributed by atoms with E-state index in [1.54, 1.807) is 0 Å². The standard InChI is InChI=1S/C18H25N3O2/c1-2-10-21-16(22)13-19-17(23)18(21)8-11-20(12-9-18)14-15-6-4-3-5-7-15/h3-7H,2,8-14H2,1H3,(H,19,23). The molecule has 1 aromatic carbocycles. The van der Waals surface area contributed by atoms with Crippen LogP contribution >= 0.6 is 0 Å². The highest BCUT2D eigenvalue weighted by Gasteiger charge is 2.50. The Morgan fingerprint density at radius 2 is 1.83 bits per heavy atom. The van der Waals surface area contributed by atoms with E-state index >= 15 is 0 Å². The summed E-state index contributed by atoms with van der Waals surface area (Å²) >= 11 is 0. The van der Waals surface area contributed by atoms with E-state index in [4.69, 9.17) is 0 Å². The number of likely N-dealkylation sites (tertiary alicyclic amines) is 1. The zero-order valence-electron chi connectivity index (χ0n) is 13.8. The number of carbonyl (C=O) groups is 2. The summed E-state index contributed by atoms with van der Waals surface area (Å²) in [7, 11) is 0. The maximum atomic E-state index is 12.5. The van der Waals surface area contributed by atoms with Crippen molar-refractivity contribution in [2.24, 2.45) is 0 Å². The van der Waals surface area contributed by atoms with Gasteiger partial charge in [0, 0.05) is 26.2 Å². The van der Waals surface area contributed by atoms with Gasteiger partial charge in [-0.25, -0.2) is 0 Å². The van der Waals surface area contributed by atoms with Gasteiger partial charge in [0.1, 0.15) is 5.54 Å². The number of hydrogen-bond acceptors (Lipinski definition) is 3. The molecule has 0 radical (unpaired) electrons. The number of piperazine rings is 1. The summed E-state index contributed by atoms with van der Waals surface area (Å²) in [5, 5.41) is 2.80. The van der Waals surface area contributed by atoms with Gasteiger partial charge in [0.25, 0.3) is 0 Å². The molecular formula is C18H25N3O2. The van der Waals surface area contributed by atoms with Crippen LogP contribution in [0.4, 0.5) is 0 Å². The predicted molar refractivity (Wildman–Crippen MR) is 88.7 cm³/mol. The average molecular weight is 315 g/mol. The molecule has 5 heteroatoms. The molecule has 0 atom stereocenters. The van der Waals surface area contributed by atoms with Crippen LogP contribution in [0.3, 0.4) is 0 Å². The second-order valence-corrected chi connectivity index (χ2v) is 6.52. The van der Waals surface area contributed by atoms with Crippen molar-refractivity contribution in [1.29, 1.82) is 0 Å².